The standard InChI is InChI=1S/C24H23N3O4/c1-29-24-25-13-10-21(26-24)30-16-11-14-27(15-12-16)23(28)22-17-6-2-4-8-19(17)31-20-9-5-3-7-18(20)22/h2-10,13,16,22H,11-12,14-15H2,1H3. The lowest BCUT2D eigenvalue weighted by atomic mass is 9.86. The number of carbonyl (C=O) groups excluding carboxylic acids is 1. The van der Waals surface area contributed by atoms with Gasteiger partial charge >= 0.3 is 6.01 Å². The monoisotopic (exact) mass is 417 g/mol. The van der Waals surface area contributed by atoms with E-state index >= 15 is 0 Å². The number of rotatable bonds is 4. The van der Waals surface area contributed by atoms with Crippen molar-refractivity contribution in [2.75, 3.05) is 20.2 Å². The maximum absolute atomic E-state index is 13.6. The maximum Gasteiger partial charge on any atom is 0.319 e. The fourth-order valence-corrected chi connectivity index (χ4v) is 4.21. The quantitative estimate of drug-likeness (QED) is 0.643. The van der Waals surface area contributed by atoms with E-state index in [1.807, 2.05) is 53.4 Å². The van der Waals surface area contributed by atoms with Gasteiger partial charge in [-0.15, -0.1) is 0 Å². The molecule has 7 nitrogen and oxygen atoms in total. The molecule has 0 atom stereocenters. The molecular weight excluding hydrogens is 394 g/mol. The van der Waals surface area contributed by atoms with Gasteiger partial charge in [-0.1, -0.05) is 36.4 Å². The van der Waals surface area contributed by atoms with Crippen molar-refractivity contribution in [2.45, 2.75) is 24.9 Å². The average molecular weight is 417 g/mol. The highest BCUT2D eigenvalue weighted by Crippen LogP contribution is 2.44. The van der Waals surface area contributed by atoms with Crippen LogP contribution in [0.2, 0.25) is 0 Å². The molecule has 31 heavy (non-hydrogen) atoms. The summed E-state index contributed by atoms with van der Waals surface area (Å²) in [6.07, 6.45) is 3.09. The lowest BCUT2D eigenvalue weighted by molar-refractivity contribution is -0.133. The second-order valence-electron chi connectivity index (χ2n) is 7.63. The molecule has 2 aliphatic rings. The van der Waals surface area contributed by atoms with Gasteiger partial charge in [0.2, 0.25) is 11.8 Å². The molecule has 1 fully saturated rings. The van der Waals surface area contributed by atoms with Gasteiger partial charge in [0.25, 0.3) is 0 Å². The van der Waals surface area contributed by atoms with E-state index in [9.17, 15) is 4.79 Å². The van der Waals surface area contributed by atoms with Crippen molar-refractivity contribution in [3.05, 3.63) is 71.9 Å². The number of benzene rings is 2. The summed E-state index contributed by atoms with van der Waals surface area (Å²) in [5.74, 6) is 1.73. The Morgan fingerprint density at radius 3 is 2.29 bits per heavy atom. The third kappa shape index (κ3) is 3.79. The molecule has 0 radical (unpaired) electrons. The first-order chi connectivity index (χ1) is 15.2. The van der Waals surface area contributed by atoms with E-state index in [1.165, 1.54) is 7.11 Å². The smallest absolute Gasteiger partial charge is 0.319 e. The van der Waals surface area contributed by atoms with E-state index in [0.717, 1.165) is 35.5 Å². The van der Waals surface area contributed by atoms with Crippen molar-refractivity contribution < 1.29 is 19.0 Å². The fourth-order valence-electron chi connectivity index (χ4n) is 4.21. The van der Waals surface area contributed by atoms with Gasteiger partial charge in [0, 0.05) is 49.3 Å². The zero-order valence-corrected chi connectivity index (χ0v) is 17.2. The summed E-state index contributed by atoms with van der Waals surface area (Å²) < 4.78 is 17.1. The van der Waals surface area contributed by atoms with Crippen LogP contribution in [0.1, 0.15) is 29.9 Å². The summed E-state index contributed by atoms with van der Waals surface area (Å²) in [6, 6.07) is 17.6. The third-order valence-electron chi connectivity index (χ3n) is 5.76. The van der Waals surface area contributed by atoms with Gasteiger partial charge in [-0.3, -0.25) is 4.79 Å². The van der Waals surface area contributed by atoms with E-state index in [1.54, 1.807) is 12.3 Å². The van der Waals surface area contributed by atoms with E-state index in [2.05, 4.69) is 9.97 Å². The van der Waals surface area contributed by atoms with Crippen molar-refractivity contribution in [1.29, 1.82) is 0 Å². The Hall–Kier alpha value is -3.61. The molecular formula is C24H23N3O4. The normalized spacial score (nSPS) is 16.1. The van der Waals surface area contributed by atoms with Crippen LogP contribution >= 0.6 is 0 Å². The number of hydrogen-bond donors (Lipinski definition) is 0. The number of ether oxygens (including phenoxy) is 3. The largest absolute Gasteiger partial charge is 0.474 e. The highest BCUT2D eigenvalue weighted by Gasteiger charge is 2.36. The average Bonchev–Trinajstić information content (AvgIpc) is 2.82. The molecule has 0 N–H and O–H groups in total. The number of nitrogens with zero attached hydrogens (tertiary/aromatic N) is 3. The highest BCUT2D eigenvalue weighted by molar-refractivity contribution is 5.89. The van der Waals surface area contributed by atoms with Crippen LogP contribution in [0, 0.1) is 0 Å². The summed E-state index contributed by atoms with van der Waals surface area (Å²) in [7, 11) is 1.52. The van der Waals surface area contributed by atoms with Crippen molar-refractivity contribution in [2.24, 2.45) is 0 Å². The lowest BCUT2D eigenvalue weighted by Crippen LogP contribution is -2.44. The van der Waals surface area contributed by atoms with E-state index in [0.29, 0.717) is 19.0 Å². The van der Waals surface area contributed by atoms with Crippen molar-refractivity contribution in [1.82, 2.24) is 14.9 Å². The fraction of sp³-hybridized carbons (Fsp3) is 0.292. The van der Waals surface area contributed by atoms with Crippen molar-refractivity contribution >= 4 is 5.91 Å². The SMILES string of the molecule is COc1nccc(OC2CCN(C(=O)C3c4ccccc4Oc4ccccc43)CC2)n1. The van der Waals surface area contributed by atoms with E-state index in [4.69, 9.17) is 14.2 Å². The first kappa shape index (κ1) is 19.4. The summed E-state index contributed by atoms with van der Waals surface area (Å²) in [4.78, 5) is 23.8. The molecule has 7 heteroatoms. The lowest BCUT2D eigenvalue weighted by Gasteiger charge is -2.36. The second-order valence-corrected chi connectivity index (χ2v) is 7.63. The summed E-state index contributed by atoms with van der Waals surface area (Å²) >= 11 is 0. The Morgan fingerprint density at radius 1 is 1.00 bits per heavy atom. The number of hydrogen-bond acceptors (Lipinski definition) is 6. The molecule has 1 saturated heterocycles. The minimum absolute atomic E-state index is 0.00193. The third-order valence-corrected chi connectivity index (χ3v) is 5.76. The number of para-hydroxylation sites is 2. The highest BCUT2D eigenvalue weighted by atomic mass is 16.5. The number of aromatic nitrogens is 2. The van der Waals surface area contributed by atoms with Crippen LogP contribution in [0.25, 0.3) is 0 Å². The predicted molar refractivity (Wildman–Crippen MR) is 114 cm³/mol. The van der Waals surface area contributed by atoms with Gasteiger partial charge in [-0.05, 0) is 12.1 Å². The molecule has 1 amide bonds. The number of amides is 1. The van der Waals surface area contributed by atoms with Gasteiger partial charge in [0.15, 0.2) is 0 Å². The molecule has 0 bridgehead atoms. The zero-order valence-electron chi connectivity index (χ0n) is 17.2. The molecule has 1 aromatic heterocycles. The van der Waals surface area contributed by atoms with Crippen LogP contribution in [0.4, 0.5) is 0 Å². The first-order valence-corrected chi connectivity index (χ1v) is 10.4. The summed E-state index contributed by atoms with van der Waals surface area (Å²) in [6.45, 7) is 1.26. The Kier molecular flexibility index (Phi) is 5.16. The van der Waals surface area contributed by atoms with Gasteiger partial charge in [0.05, 0.1) is 13.0 Å². The number of likely N-dealkylation sites (tertiary alicyclic amines) is 1. The molecule has 2 aromatic carbocycles. The second kappa shape index (κ2) is 8.26. The molecule has 5 rings (SSSR count). The molecule has 3 heterocycles. The molecule has 0 aliphatic carbocycles. The van der Waals surface area contributed by atoms with Crippen LogP contribution in [-0.2, 0) is 4.79 Å². The Labute approximate surface area is 180 Å². The molecule has 0 saturated carbocycles. The van der Waals surface area contributed by atoms with Gasteiger partial charge in [0.1, 0.15) is 17.6 Å². The number of methoxy groups -OCH3 is 1. The molecule has 2 aliphatic heterocycles. The van der Waals surface area contributed by atoms with Crippen molar-refractivity contribution in [3.63, 3.8) is 0 Å². The van der Waals surface area contributed by atoms with Gasteiger partial charge < -0.3 is 19.1 Å². The van der Waals surface area contributed by atoms with Crippen LogP contribution < -0.4 is 14.2 Å². The Bertz CT molecular complexity index is 1050. The van der Waals surface area contributed by atoms with Crippen LogP contribution in [0.15, 0.2) is 60.8 Å². The van der Waals surface area contributed by atoms with E-state index < -0.39 is 0 Å². The Morgan fingerprint density at radius 2 is 1.65 bits per heavy atom. The molecule has 158 valence electrons. The minimum atomic E-state index is -0.357. The maximum atomic E-state index is 13.6. The van der Waals surface area contributed by atoms with Crippen LogP contribution in [0.3, 0.4) is 0 Å². The van der Waals surface area contributed by atoms with E-state index in [-0.39, 0.29) is 23.9 Å². The molecule has 3 aromatic rings. The molecule has 0 unspecified atom stereocenters. The number of carbonyl (C=O) groups is 1. The Balaban J connectivity index is 1.31. The molecule has 0 spiro atoms. The minimum Gasteiger partial charge on any atom is -0.474 e. The predicted octanol–water partition coefficient (Wildman–Crippen LogP) is 3.79. The summed E-state index contributed by atoms with van der Waals surface area (Å²) in [5.41, 5.74) is 1.83. The summed E-state index contributed by atoms with van der Waals surface area (Å²) in [5, 5.41) is 0. The van der Waals surface area contributed by atoms with Gasteiger partial charge in [-0.2, -0.15) is 4.98 Å². The van der Waals surface area contributed by atoms with Gasteiger partial charge in [-0.25, -0.2) is 4.98 Å². The van der Waals surface area contributed by atoms with Crippen LogP contribution in [-0.4, -0.2) is 47.1 Å². The zero-order chi connectivity index (χ0) is 21.2. The number of fused-ring (bicyclic) bond motifs is 2. The van der Waals surface area contributed by atoms with Crippen molar-refractivity contribution in [3.8, 4) is 23.4 Å². The van der Waals surface area contributed by atoms with Crippen LogP contribution in [0.5, 0.6) is 23.4 Å². The first-order valence-electron chi connectivity index (χ1n) is 10.4. The topological polar surface area (TPSA) is 73.8 Å². The number of piperidine rings is 1.